The Morgan fingerprint density at radius 1 is 1.50 bits per heavy atom. The van der Waals surface area contributed by atoms with E-state index in [9.17, 15) is 4.79 Å². The van der Waals surface area contributed by atoms with Crippen molar-refractivity contribution < 1.29 is 19.0 Å². The molecule has 5 heteroatoms. The Labute approximate surface area is 108 Å². The van der Waals surface area contributed by atoms with Crippen molar-refractivity contribution in [1.82, 2.24) is 4.90 Å². The second-order valence-corrected chi connectivity index (χ2v) is 5.20. The summed E-state index contributed by atoms with van der Waals surface area (Å²) < 4.78 is 16.3. The van der Waals surface area contributed by atoms with Gasteiger partial charge in [0.2, 0.25) is 0 Å². The lowest BCUT2D eigenvalue weighted by molar-refractivity contribution is -0.147. The number of ether oxygens (including phenoxy) is 3. The molecule has 2 saturated heterocycles. The maximum atomic E-state index is 11.5. The first-order valence-corrected chi connectivity index (χ1v) is 6.73. The molecule has 104 valence electrons. The number of hydrogen-bond donors (Lipinski definition) is 0. The molecule has 0 amide bonds. The molecule has 0 aromatic rings. The van der Waals surface area contributed by atoms with Crippen molar-refractivity contribution in [2.45, 2.75) is 37.8 Å². The van der Waals surface area contributed by atoms with Crippen molar-refractivity contribution in [2.24, 2.45) is 0 Å². The summed E-state index contributed by atoms with van der Waals surface area (Å²) in [5.41, 5.74) is -0.105. The SMILES string of the molecule is CCOC(=O)CN(C)C1CCOC2(CCOC2)C1. The standard InChI is InChI=1S/C13H23NO4/c1-3-17-12(15)9-14(2)11-4-6-18-13(8-11)5-7-16-10-13/h11H,3-10H2,1-2H3. The van der Waals surface area contributed by atoms with E-state index in [0.29, 0.717) is 25.8 Å². The second kappa shape index (κ2) is 5.99. The van der Waals surface area contributed by atoms with Gasteiger partial charge in [0.1, 0.15) is 0 Å². The molecule has 0 aromatic carbocycles. The zero-order valence-electron chi connectivity index (χ0n) is 11.3. The van der Waals surface area contributed by atoms with E-state index >= 15 is 0 Å². The summed E-state index contributed by atoms with van der Waals surface area (Å²) in [6.45, 7) is 4.86. The largest absolute Gasteiger partial charge is 0.465 e. The number of carbonyl (C=O) groups is 1. The number of nitrogens with zero attached hydrogens (tertiary/aromatic N) is 1. The average molecular weight is 257 g/mol. The van der Waals surface area contributed by atoms with Crippen molar-refractivity contribution in [3.8, 4) is 0 Å². The third-order valence-corrected chi connectivity index (χ3v) is 3.84. The van der Waals surface area contributed by atoms with Gasteiger partial charge in [-0.1, -0.05) is 0 Å². The van der Waals surface area contributed by atoms with Crippen molar-refractivity contribution in [3.05, 3.63) is 0 Å². The van der Waals surface area contributed by atoms with Gasteiger partial charge in [-0.15, -0.1) is 0 Å². The van der Waals surface area contributed by atoms with Crippen LogP contribution in [-0.4, -0.2) is 62.5 Å². The molecule has 2 heterocycles. The van der Waals surface area contributed by atoms with Gasteiger partial charge in [0.25, 0.3) is 0 Å². The predicted molar refractivity (Wildman–Crippen MR) is 66.4 cm³/mol. The first-order chi connectivity index (χ1) is 8.65. The van der Waals surface area contributed by atoms with Crippen LogP contribution in [-0.2, 0) is 19.0 Å². The Hall–Kier alpha value is -0.650. The highest BCUT2D eigenvalue weighted by Crippen LogP contribution is 2.34. The van der Waals surface area contributed by atoms with Crippen LogP contribution in [0.25, 0.3) is 0 Å². The lowest BCUT2D eigenvalue weighted by Crippen LogP contribution is -2.49. The van der Waals surface area contributed by atoms with Crippen molar-refractivity contribution in [1.29, 1.82) is 0 Å². The maximum Gasteiger partial charge on any atom is 0.320 e. The van der Waals surface area contributed by atoms with Gasteiger partial charge in [0.15, 0.2) is 0 Å². The lowest BCUT2D eigenvalue weighted by Gasteiger charge is -2.40. The molecule has 2 atom stereocenters. The molecular formula is C13H23NO4. The van der Waals surface area contributed by atoms with Gasteiger partial charge in [-0.2, -0.15) is 0 Å². The Balaban J connectivity index is 1.86. The molecule has 0 aromatic heterocycles. The first kappa shape index (κ1) is 13.8. The minimum Gasteiger partial charge on any atom is -0.465 e. The van der Waals surface area contributed by atoms with Crippen LogP contribution >= 0.6 is 0 Å². The summed E-state index contributed by atoms with van der Waals surface area (Å²) in [6, 6.07) is 0.379. The molecule has 0 aliphatic carbocycles. The van der Waals surface area contributed by atoms with Gasteiger partial charge in [-0.3, -0.25) is 9.69 Å². The van der Waals surface area contributed by atoms with E-state index in [1.54, 1.807) is 0 Å². The van der Waals surface area contributed by atoms with Crippen LogP contribution in [0.15, 0.2) is 0 Å². The molecule has 0 radical (unpaired) electrons. The van der Waals surface area contributed by atoms with E-state index in [0.717, 1.165) is 32.5 Å². The van der Waals surface area contributed by atoms with Gasteiger partial charge < -0.3 is 14.2 Å². The molecule has 2 unspecified atom stereocenters. The minimum atomic E-state index is -0.150. The zero-order chi connectivity index (χ0) is 13.0. The fraction of sp³-hybridized carbons (Fsp3) is 0.923. The van der Waals surface area contributed by atoms with Crippen LogP contribution in [0, 0.1) is 0 Å². The molecule has 0 saturated carbocycles. The van der Waals surface area contributed by atoms with Crippen LogP contribution in [0.2, 0.25) is 0 Å². The molecule has 0 N–H and O–H groups in total. The van der Waals surface area contributed by atoms with E-state index in [4.69, 9.17) is 14.2 Å². The zero-order valence-corrected chi connectivity index (χ0v) is 11.3. The highest BCUT2D eigenvalue weighted by Gasteiger charge is 2.42. The number of hydrogen-bond acceptors (Lipinski definition) is 5. The van der Waals surface area contributed by atoms with Crippen LogP contribution in [0.4, 0.5) is 0 Å². The molecule has 1 spiro atoms. The minimum absolute atomic E-state index is 0.105. The van der Waals surface area contributed by atoms with Crippen LogP contribution in [0.5, 0.6) is 0 Å². The third kappa shape index (κ3) is 3.22. The molecule has 5 nitrogen and oxygen atoms in total. The van der Waals surface area contributed by atoms with Crippen LogP contribution < -0.4 is 0 Å². The number of carbonyl (C=O) groups excluding carboxylic acids is 1. The normalized spacial score (nSPS) is 32.1. The third-order valence-electron chi connectivity index (χ3n) is 3.84. The molecule has 2 rings (SSSR count). The number of rotatable bonds is 4. The highest BCUT2D eigenvalue weighted by atomic mass is 16.6. The summed E-state index contributed by atoms with van der Waals surface area (Å²) in [5, 5.41) is 0. The Morgan fingerprint density at radius 2 is 2.33 bits per heavy atom. The van der Waals surface area contributed by atoms with E-state index in [-0.39, 0.29) is 11.6 Å². The van der Waals surface area contributed by atoms with Crippen LogP contribution in [0.3, 0.4) is 0 Å². The molecule has 18 heavy (non-hydrogen) atoms. The maximum absolute atomic E-state index is 11.5. The molecule has 0 bridgehead atoms. The number of likely N-dealkylation sites (N-methyl/N-ethyl adjacent to an activating group) is 1. The van der Waals surface area contributed by atoms with Gasteiger partial charge in [-0.25, -0.2) is 0 Å². The lowest BCUT2D eigenvalue weighted by atomic mass is 9.89. The van der Waals surface area contributed by atoms with Gasteiger partial charge in [-0.05, 0) is 26.8 Å². The summed E-state index contributed by atoms with van der Waals surface area (Å²) in [5.74, 6) is -0.150. The van der Waals surface area contributed by atoms with Crippen molar-refractivity contribution >= 4 is 5.97 Å². The Kier molecular flexibility index (Phi) is 4.59. The average Bonchev–Trinajstić information content (AvgIpc) is 2.77. The predicted octanol–water partition coefficient (Wildman–Crippen LogP) is 0.819. The Morgan fingerprint density at radius 3 is 3.00 bits per heavy atom. The van der Waals surface area contributed by atoms with E-state index < -0.39 is 0 Å². The molecular weight excluding hydrogens is 234 g/mol. The van der Waals surface area contributed by atoms with E-state index in [1.807, 2.05) is 14.0 Å². The fourth-order valence-corrected chi connectivity index (χ4v) is 2.78. The van der Waals surface area contributed by atoms with Crippen molar-refractivity contribution in [3.63, 3.8) is 0 Å². The molecule has 2 aliphatic rings. The van der Waals surface area contributed by atoms with Gasteiger partial charge in [0, 0.05) is 25.7 Å². The highest BCUT2D eigenvalue weighted by molar-refractivity contribution is 5.71. The second-order valence-electron chi connectivity index (χ2n) is 5.20. The summed E-state index contributed by atoms with van der Waals surface area (Å²) >= 11 is 0. The van der Waals surface area contributed by atoms with Crippen LogP contribution in [0.1, 0.15) is 26.2 Å². The van der Waals surface area contributed by atoms with Gasteiger partial charge >= 0.3 is 5.97 Å². The summed E-state index contributed by atoms with van der Waals surface area (Å²) in [4.78, 5) is 13.6. The smallest absolute Gasteiger partial charge is 0.320 e. The van der Waals surface area contributed by atoms with E-state index in [2.05, 4.69) is 4.90 Å². The Bertz CT molecular complexity index is 289. The monoisotopic (exact) mass is 257 g/mol. The molecule has 2 fully saturated rings. The van der Waals surface area contributed by atoms with Crippen molar-refractivity contribution in [2.75, 3.05) is 40.0 Å². The van der Waals surface area contributed by atoms with Gasteiger partial charge in [0.05, 0.1) is 25.4 Å². The number of esters is 1. The van der Waals surface area contributed by atoms with E-state index in [1.165, 1.54) is 0 Å². The fourth-order valence-electron chi connectivity index (χ4n) is 2.78. The quantitative estimate of drug-likeness (QED) is 0.698. The molecule has 2 aliphatic heterocycles. The first-order valence-electron chi connectivity index (χ1n) is 6.73. The summed E-state index contributed by atoms with van der Waals surface area (Å²) in [6.07, 6.45) is 2.89. The summed E-state index contributed by atoms with van der Waals surface area (Å²) in [7, 11) is 1.98. The topological polar surface area (TPSA) is 48.0 Å².